The molecule has 0 bridgehead atoms. The molecule has 4 aromatic rings. The SMILES string of the molecule is CNc1nc(Nc2ccc(C)c(N)c2)ncc1C(=O)Nc1cc(NC(=O)c2cc(OC)c(OC)c(OC)c2)ccc1C. The average Bonchev–Trinajstić information content (AvgIpc) is 2.99. The summed E-state index contributed by atoms with van der Waals surface area (Å²) in [6, 6.07) is 13.8. The second-order valence-electron chi connectivity index (χ2n) is 9.25. The fourth-order valence-electron chi connectivity index (χ4n) is 4.09. The van der Waals surface area contributed by atoms with Crippen molar-refractivity contribution in [3.63, 3.8) is 0 Å². The molecule has 0 fully saturated rings. The van der Waals surface area contributed by atoms with Gasteiger partial charge in [-0.25, -0.2) is 4.98 Å². The van der Waals surface area contributed by atoms with E-state index in [1.807, 2.05) is 26.0 Å². The van der Waals surface area contributed by atoms with Gasteiger partial charge in [0.05, 0.1) is 21.3 Å². The van der Waals surface area contributed by atoms with Crippen LogP contribution in [0.2, 0.25) is 0 Å². The van der Waals surface area contributed by atoms with Crippen molar-refractivity contribution in [1.82, 2.24) is 9.97 Å². The highest BCUT2D eigenvalue weighted by atomic mass is 16.5. The zero-order valence-corrected chi connectivity index (χ0v) is 24.2. The van der Waals surface area contributed by atoms with Crippen molar-refractivity contribution < 1.29 is 23.8 Å². The highest BCUT2D eigenvalue weighted by molar-refractivity contribution is 6.09. The van der Waals surface area contributed by atoms with Crippen LogP contribution in [-0.4, -0.2) is 50.2 Å². The number of benzene rings is 3. The molecular formula is C30H33N7O5. The largest absolute Gasteiger partial charge is 0.493 e. The van der Waals surface area contributed by atoms with Gasteiger partial charge in [0.25, 0.3) is 11.8 Å². The lowest BCUT2D eigenvalue weighted by molar-refractivity contribution is 0.101. The van der Waals surface area contributed by atoms with E-state index in [-0.39, 0.29) is 5.56 Å². The molecule has 0 aliphatic heterocycles. The molecule has 0 aliphatic carbocycles. The number of ether oxygens (including phenoxy) is 3. The second kappa shape index (κ2) is 12.8. The number of aromatic nitrogens is 2. The first-order chi connectivity index (χ1) is 20.2. The number of carbonyl (C=O) groups excluding carboxylic acids is 2. The third-order valence-corrected chi connectivity index (χ3v) is 6.48. The van der Waals surface area contributed by atoms with Gasteiger partial charge in [-0.05, 0) is 61.4 Å². The summed E-state index contributed by atoms with van der Waals surface area (Å²) in [5.74, 6) is 0.879. The minimum Gasteiger partial charge on any atom is -0.493 e. The van der Waals surface area contributed by atoms with E-state index in [9.17, 15) is 9.59 Å². The van der Waals surface area contributed by atoms with E-state index in [2.05, 4.69) is 31.2 Å². The molecule has 0 radical (unpaired) electrons. The van der Waals surface area contributed by atoms with Crippen LogP contribution in [0, 0.1) is 13.8 Å². The summed E-state index contributed by atoms with van der Waals surface area (Å²) in [7, 11) is 6.10. The third kappa shape index (κ3) is 6.44. The van der Waals surface area contributed by atoms with Crippen LogP contribution in [0.4, 0.5) is 34.5 Å². The number of nitrogens with zero attached hydrogens (tertiary/aromatic N) is 2. The molecular weight excluding hydrogens is 538 g/mol. The molecule has 0 atom stereocenters. The molecule has 0 saturated heterocycles. The maximum absolute atomic E-state index is 13.3. The van der Waals surface area contributed by atoms with Crippen molar-refractivity contribution in [1.29, 1.82) is 0 Å². The predicted molar refractivity (Wildman–Crippen MR) is 164 cm³/mol. The fourth-order valence-corrected chi connectivity index (χ4v) is 4.09. The molecule has 0 unspecified atom stereocenters. The lowest BCUT2D eigenvalue weighted by atomic mass is 10.1. The molecule has 3 aromatic carbocycles. The van der Waals surface area contributed by atoms with Crippen molar-refractivity contribution in [2.24, 2.45) is 0 Å². The van der Waals surface area contributed by atoms with Gasteiger partial charge in [-0.3, -0.25) is 9.59 Å². The first-order valence-corrected chi connectivity index (χ1v) is 12.9. The Balaban J connectivity index is 1.52. The van der Waals surface area contributed by atoms with Crippen molar-refractivity contribution in [3.8, 4) is 17.2 Å². The normalized spacial score (nSPS) is 10.4. The molecule has 4 rings (SSSR count). The summed E-state index contributed by atoms with van der Waals surface area (Å²) in [5.41, 5.74) is 10.6. The summed E-state index contributed by atoms with van der Waals surface area (Å²) >= 11 is 0. The van der Waals surface area contributed by atoms with Crippen molar-refractivity contribution >= 4 is 46.3 Å². The van der Waals surface area contributed by atoms with Crippen LogP contribution in [0.15, 0.2) is 54.7 Å². The Morgan fingerprint density at radius 3 is 2.10 bits per heavy atom. The van der Waals surface area contributed by atoms with Crippen molar-refractivity contribution in [3.05, 3.63) is 77.0 Å². The van der Waals surface area contributed by atoms with Gasteiger partial charge in [0, 0.05) is 41.6 Å². The molecule has 1 aromatic heterocycles. The lowest BCUT2D eigenvalue weighted by Crippen LogP contribution is -2.17. The molecule has 218 valence electrons. The monoisotopic (exact) mass is 571 g/mol. The lowest BCUT2D eigenvalue weighted by Gasteiger charge is -2.15. The van der Waals surface area contributed by atoms with Gasteiger partial charge in [-0.2, -0.15) is 4.98 Å². The molecule has 6 N–H and O–H groups in total. The number of methoxy groups -OCH3 is 3. The Bertz CT molecular complexity index is 1620. The van der Waals surface area contributed by atoms with Crippen LogP contribution in [0.5, 0.6) is 17.2 Å². The van der Waals surface area contributed by atoms with E-state index < -0.39 is 11.8 Å². The Hall–Kier alpha value is -5.52. The van der Waals surface area contributed by atoms with Crippen LogP contribution in [0.3, 0.4) is 0 Å². The number of nitrogens with one attached hydrogen (secondary N) is 4. The molecule has 12 heteroatoms. The van der Waals surface area contributed by atoms with Crippen molar-refractivity contribution in [2.75, 3.05) is 55.4 Å². The van der Waals surface area contributed by atoms with Gasteiger partial charge in [0.15, 0.2) is 11.5 Å². The first kappa shape index (κ1) is 29.5. The number of rotatable bonds is 10. The van der Waals surface area contributed by atoms with E-state index >= 15 is 0 Å². The Morgan fingerprint density at radius 1 is 0.810 bits per heavy atom. The van der Waals surface area contributed by atoms with Crippen LogP contribution >= 0.6 is 0 Å². The number of carbonyl (C=O) groups is 2. The topological polar surface area (TPSA) is 162 Å². The van der Waals surface area contributed by atoms with Gasteiger partial charge in [-0.1, -0.05) is 12.1 Å². The Labute approximate surface area is 243 Å². The van der Waals surface area contributed by atoms with Crippen molar-refractivity contribution in [2.45, 2.75) is 13.8 Å². The minimum absolute atomic E-state index is 0.234. The molecule has 42 heavy (non-hydrogen) atoms. The average molecular weight is 572 g/mol. The molecule has 2 amide bonds. The van der Waals surface area contributed by atoms with Gasteiger partial charge in [0.2, 0.25) is 11.7 Å². The maximum Gasteiger partial charge on any atom is 0.261 e. The zero-order chi connectivity index (χ0) is 30.4. The second-order valence-corrected chi connectivity index (χ2v) is 9.25. The van der Waals surface area contributed by atoms with E-state index in [1.165, 1.54) is 27.5 Å². The minimum atomic E-state index is -0.429. The summed E-state index contributed by atoms with van der Waals surface area (Å²) < 4.78 is 16.0. The van der Waals surface area contributed by atoms with Gasteiger partial charge in [0.1, 0.15) is 11.4 Å². The number of nitrogen functional groups attached to an aromatic ring is 1. The predicted octanol–water partition coefficient (Wildman–Crippen LogP) is 4.99. The highest BCUT2D eigenvalue weighted by Gasteiger charge is 2.19. The summed E-state index contributed by atoms with van der Waals surface area (Å²) in [5, 5.41) is 11.8. The summed E-state index contributed by atoms with van der Waals surface area (Å²) in [6.45, 7) is 3.76. The zero-order valence-electron chi connectivity index (χ0n) is 24.2. The van der Waals surface area contributed by atoms with Crippen LogP contribution < -0.4 is 41.2 Å². The number of hydrogen-bond donors (Lipinski definition) is 5. The molecule has 12 nitrogen and oxygen atoms in total. The van der Waals surface area contributed by atoms with Gasteiger partial charge < -0.3 is 41.2 Å². The number of anilines is 6. The van der Waals surface area contributed by atoms with Crippen LogP contribution in [0.25, 0.3) is 0 Å². The molecule has 0 aliphatic rings. The number of amides is 2. The maximum atomic E-state index is 13.3. The summed E-state index contributed by atoms with van der Waals surface area (Å²) in [6.07, 6.45) is 1.43. The number of aryl methyl sites for hydroxylation is 2. The molecule has 1 heterocycles. The van der Waals surface area contributed by atoms with Gasteiger partial charge in [-0.15, -0.1) is 0 Å². The van der Waals surface area contributed by atoms with E-state index in [1.54, 1.807) is 43.4 Å². The molecule has 0 saturated carbocycles. The van der Waals surface area contributed by atoms with Crippen LogP contribution in [0.1, 0.15) is 31.8 Å². The van der Waals surface area contributed by atoms with E-state index in [0.29, 0.717) is 51.6 Å². The third-order valence-electron chi connectivity index (χ3n) is 6.48. The fraction of sp³-hybridized carbons (Fsp3) is 0.200. The van der Waals surface area contributed by atoms with Crippen LogP contribution in [-0.2, 0) is 0 Å². The van der Waals surface area contributed by atoms with E-state index in [4.69, 9.17) is 19.9 Å². The Kier molecular flexibility index (Phi) is 8.96. The Morgan fingerprint density at radius 2 is 1.48 bits per heavy atom. The summed E-state index contributed by atoms with van der Waals surface area (Å²) in [4.78, 5) is 35.1. The van der Waals surface area contributed by atoms with Gasteiger partial charge >= 0.3 is 0 Å². The number of nitrogens with two attached hydrogens (primary N) is 1. The quantitative estimate of drug-likeness (QED) is 0.164. The van der Waals surface area contributed by atoms with E-state index in [0.717, 1.165) is 16.8 Å². The first-order valence-electron chi connectivity index (χ1n) is 12.9. The smallest absolute Gasteiger partial charge is 0.261 e. The number of hydrogen-bond acceptors (Lipinski definition) is 10. The standard InChI is InChI=1S/C30H33N7O5/c1-16-7-9-19(13-22(16)31)35-30-33-15-21(27(32-3)37-30)29(39)36-23-14-20(10-8-17(23)2)34-28(38)18-11-24(40-4)26(42-6)25(12-18)41-5/h7-15H,31H2,1-6H3,(H,34,38)(H,36,39)(H2,32,33,35,37). The highest BCUT2D eigenvalue weighted by Crippen LogP contribution is 2.38. The molecule has 0 spiro atoms.